The highest BCUT2D eigenvalue weighted by atomic mass is 35.5. The molecule has 0 saturated carbocycles. The Kier molecular flexibility index (Phi) is 4.10. The van der Waals surface area contributed by atoms with E-state index in [2.05, 4.69) is 10.6 Å². The van der Waals surface area contributed by atoms with Crippen molar-refractivity contribution in [3.05, 3.63) is 52.8 Å². The fraction of sp³-hybridized carbons (Fsp3) is 0.0714. The number of hydrogen-bond acceptors (Lipinski definition) is 2. The van der Waals surface area contributed by atoms with Crippen LogP contribution < -0.4 is 16.4 Å². The molecule has 2 rings (SSSR count). The number of rotatable bonds is 2. The molecule has 0 bridgehead atoms. The van der Waals surface area contributed by atoms with Gasteiger partial charge >= 0.3 is 6.03 Å². The molecular weight excluding hydrogens is 281 g/mol. The molecule has 20 heavy (non-hydrogen) atoms. The number of anilines is 3. The number of benzene rings is 2. The number of para-hydroxylation sites is 1. The summed E-state index contributed by atoms with van der Waals surface area (Å²) >= 11 is 5.92. The second kappa shape index (κ2) is 5.79. The van der Waals surface area contributed by atoms with Crippen LogP contribution in [-0.2, 0) is 0 Å². The molecule has 0 radical (unpaired) electrons. The van der Waals surface area contributed by atoms with Crippen molar-refractivity contribution in [2.75, 3.05) is 16.4 Å². The van der Waals surface area contributed by atoms with E-state index in [-0.39, 0.29) is 5.69 Å². The van der Waals surface area contributed by atoms with Crippen LogP contribution >= 0.6 is 11.6 Å². The molecule has 0 aliphatic rings. The molecule has 4 nitrogen and oxygen atoms in total. The van der Waals surface area contributed by atoms with E-state index in [1.807, 2.05) is 0 Å². The molecule has 4 N–H and O–H groups in total. The highest BCUT2D eigenvalue weighted by Gasteiger charge is 2.09. The molecule has 0 fully saturated rings. The van der Waals surface area contributed by atoms with Crippen LogP contribution in [0.15, 0.2) is 36.4 Å². The van der Waals surface area contributed by atoms with Crippen molar-refractivity contribution in [2.24, 2.45) is 0 Å². The van der Waals surface area contributed by atoms with Gasteiger partial charge in [0.25, 0.3) is 0 Å². The van der Waals surface area contributed by atoms with Crippen molar-refractivity contribution < 1.29 is 9.18 Å². The van der Waals surface area contributed by atoms with Crippen LogP contribution in [0.25, 0.3) is 0 Å². The predicted molar refractivity (Wildman–Crippen MR) is 79.6 cm³/mol. The number of halogens is 2. The molecule has 0 aliphatic carbocycles. The van der Waals surface area contributed by atoms with Crippen LogP contribution in [0.4, 0.5) is 26.2 Å². The van der Waals surface area contributed by atoms with E-state index in [1.165, 1.54) is 12.1 Å². The number of nitrogens with two attached hydrogens (primary N) is 1. The molecule has 0 spiro atoms. The smallest absolute Gasteiger partial charge is 0.323 e. The molecule has 0 atom stereocenters. The first kappa shape index (κ1) is 14.1. The number of carbonyl (C=O) groups is 1. The van der Waals surface area contributed by atoms with Crippen LogP contribution in [0.1, 0.15) is 5.56 Å². The minimum atomic E-state index is -0.580. The Morgan fingerprint density at radius 2 is 1.85 bits per heavy atom. The quantitative estimate of drug-likeness (QED) is 0.732. The summed E-state index contributed by atoms with van der Waals surface area (Å²) in [6.45, 7) is 1.79. The Bertz CT molecular complexity index is 661. The van der Waals surface area contributed by atoms with Gasteiger partial charge in [-0.05, 0) is 36.8 Å². The molecule has 0 aromatic heterocycles. The zero-order valence-electron chi connectivity index (χ0n) is 10.7. The van der Waals surface area contributed by atoms with E-state index in [9.17, 15) is 9.18 Å². The van der Waals surface area contributed by atoms with Gasteiger partial charge in [-0.15, -0.1) is 0 Å². The average molecular weight is 294 g/mol. The molecule has 0 heterocycles. The summed E-state index contributed by atoms with van der Waals surface area (Å²) in [5, 5.41) is 5.48. The first-order chi connectivity index (χ1) is 9.47. The van der Waals surface area contributed by atoms with Gasteiger partial charge in [0.2, 0.25) is 0 Å². The summed E-state index contributed by atoms with van der Waals surface area (Å²) in [6, 6.07) is 8.51. The fourth-order valence-corrected chi connectivity index (χ4v) is 1.82. The highest BCUT2D eigenvalue weighted by Crippen LogP contribution is 2.26. The summed E-state index contributed by atoms with van der Waals surface area (Å²) in [5.74, 6) is -0.511. The second-order valence-electron chi connectivity index (χ2n) is 4.25. The lowest BCUT2D eigenvalue weighted by Gasteiger charge is -2.11. The maximum Gasteiger partial charge on any atom is 0.323 e. The molecular formula is C14H13ClFN3O. The molecule has 2 aromatic rings. The zero-order valence-corrected chi connectivity index (χ0v) is 11.5. The highest BCUT2D eigenvalue weighted by molar-refractivity contribution is 6.31. The number of hydrogen-bond donors (Lipinski definition) is 3. The lowest BCUT2D eigenvalue weighted by Crippen LogP contribution is -2.20. The number of nitrogens with one attached hydrogen (secondary N) is 2. The van der Waals surface area contributed by atoms with Crippen molar-refractivity contribution in [1.82, 2.24) is 0 Å². The lowest BCUT2D eigenvalue weighted by molar-refractivity contribution is 0.262. The number of amides is 2. The molecule has 0 unspecified atom stereocenters. The van der Waals surface area contributed by atoms with Gasteiger partial charge in [-0.25, -0.2) is 9.18 Å². The van der Waals surface area contributed by atoms with Crippen LogP contribution in [0.5, 0.6) is 0 Å². The van der Waals surface area contributed by atoms with Gasteiger partial charge in [0, 0.05) is 5.02 Å². The fourth-order valence-electron chi connectivity index (χ4n) is 1.64. The molecule has 0 saturated heterocycles. The molecule has 104 valence electrons. The summed E-state index contributed by atoms with van der Waals surface area (Å²) < 4.78 is 13.4. The van der Waals surface area contributed by atoms with Gasteiger partial charge in [0.05, 0.1) is 17.1 Å². The number of nitrogen functional groups attached to an aromatic ring is 1. The van der Waals surface area contributed by atoms with Crippen LogP contribution in [0, 0.1) is 12.7 Å². The van der Waals surface area contributed by atoms with Crippen LogP contribution in [0.3, 0.4) is 0 Å². The van der Waals surface area contributed by atoms with E-state index in [1.54, 1.807) is 31.2 Å². The standard InChI is InChI=1S/C14H13ClFN3O/c1-8-6-13(11(17)7-9(8)15)19-14(20)18-12-5-3-2-4-10(12)16/h2-7H,17H2,1H3,(H2,18,19,20). The summed E-state index contributed by atoms with van der Waals surface area (Å²) in [6.07, 6.45) is 0. The molecule has 2 aromatic carbocycles. The third-order valence-electron chi connectivity index (χ3n) is 2.70. The van der Waals surface area contributed by atoms with E-state index in [4.69, 9.17) is 17.3 Å². The van der Waals surface area contributed by atoms with Crippen molar-refractivity contribution >= 4 is 34.7 Å². The van der Waals surface area contributed by atoms with E-state index in [0.29, 0.717) is 16.4 Å². The Morgan fingerprint density at radius 1 is 1.20 bits per heavy atom. The van der Waals surface area contributed by atoms with Gasteiger partial charge in [-0.1, -0.05) is 23.7 Å². The monoisotopic (exact) mass is 293 g/mol. The Hall–Kier alpha value is -2.27. The van der Waals surface area contributed by atoms with Gasteiger partial charge in [0.1, 0.15) is 5.82 Å². The maximum absolute atomic E-state index is 13.4. The summed E-state index contributed by atoms with van der Waals surface area (Å²) in [5.41, 5.74) is 7.39. The van der Waals surface area contributed by atoms with Crippen LogP contribution in [0.2, 0.25) is 5.02 Å². The van der Waals surface area contributed by atoms with Gasteiger partial charge in [0.15, 0.2) is 0 Å². The third kappa shape index (κ3) is 3.19. The van der Waals surface area contributed by atoms with Crippen molar-refractivity contribution in [1.29, 1.82) is 0 Å². The van der Waals surface area contributed by atoms with E-state index >= 15 is 0 Å². The third-order valence-corrected chi connectivity index (χ3v) is 3.11. The number of aryl methyl sites for hydroxylation is 1. The first-order valence-corrected chi connectivity index (χ1v) is 6.23. The van der Waals surface area contributed by atoms with Gasteiger partial charge in [-0.3, -0.25) is 0 Å². The van der Waals surface area contributed by atoms with Gasteiger partial charge < -0.3 is 16.4 Å². The molecule has 2 amide bonds. The van der Waals surface area contributed by atoms with Crippen molar-refractivity contribution in [3.8, 4) is 0 Å². The minimum Gasteiger partial charge on any atom is -0.397 e. The Morgan fingerprint density at radius 3 is 2.55 bits per heavy atom. The second-order valence-corrected chi connectivity index (χ2v) is 4.65. The van der Waals surface area contributed by atoms with E-state index in [0.717, 1.165) is 5.56 Å². The first-order valence-electron chi connectivity index (χ1n) is 5.85. The normalized spacial score (nSPS) is 10.2. The largest absolute Gasteiger partial charge is 0.397 e. The molecule has 0 aliphatic heterocycles. The predicted octanol–water partition coefficient (Wildman–Crippen LogP) is 4.01. The summed E-state index contributed by atoms with van der Waals surface area (Å²) in [7, 11) is 0. The summed E-state index contributed by atoms with van der Waals surface area (Å²) in [4.78, 5) is 11.8. The number of carbonyl (C=O) groups excluding carboxylic acids is 1. The Balaban J connectivity index is 2.13. The Labute approximate surface area is 120 Å². The lowest BCUT2D eigenvalue weighted by atomic mass is 10.2. The van der Waals surface area contributed by atoms with Crippen LogP contribution in [-0.4, -0.2) is 6.03 Å². The maximum atomic E-state index is 13.4. The minimum absolute atomic E-state index is 0.0919. The van der Waals surface area contributed by atoms with Crippen molar-refractivity contribution in [3.63, 3.8) is 0 Å². The number of urea groups is 1. The van der Waals surface area contributed by atoms with Gasteiger partial charge in [-0.2, -0.15) is 0 Å². The average Bonchev–Trinajstić information content (AvgIpc) is 2.39. The van der Waals surface area contributed by atoms with E-state index < -0.39 is 11.8 Å². The molecule has 6 heteroatoms. The zero-order chi connectivity index (χ0) is 14.7. The van der Waals surface area contributed by atoms with Crippen molar-refractivity contribution in [2.45, 2.75) is 6.92 Å². The topological polar surface area (TPSA) is 67.2 Å². The SMILES string of the molecule is Cc1cc(NC(=O)Nc2ccccc2F)c(N)cc1Cl.